The van der Waals surface area contributed by atoms with Gasteiger partial charge in [0.15, 0.2) is 0 Å². The van der Waals surface area contributed by atoms with Crippen LogP contribution >= 0.6 is 11.7 Å². The average Bonchev–Trinajstić information content (AvgIpc) is 3.22. The second-order valence-electron chi connectivity index (χ2n) is 7.71. The van der Waals surface area contributed by atoms with Crippen molar-refractivity contribution in [2.24, 2.45) is 0 Å². The molecule has 0 amide bonds. The number of sulfonamides is 1. The summed E-state index contributed by atoms with van der Waals surface area (Å²) in [7, 11) is -2.01. The predicted octanol–water partition coefficient (Wildman–Crippen LogP) is 2.89. The van der Waals surface area contributed by atoms with Crippen LogP contribution in [-0.2, 0) is 14.8 Å². The maximum absolute atomic E-state index is 13.8. The Morgan fingerprint density at radius 2 is 1.93 bits per heavy atom. The van der Waals surface area contributed by atoms with Crippen LogP contribution in [0, 0.1) is 5.82 Å². The third kappa shape index (κ3) is 2.93. The fraction of sp³-hybridized carbons (Fsp3) is 0.400. The van der Waals surface area contributed by atoms with E-state index in [1.165, 1.54) is 16.4 Å². The number of rotatable bonds is 4. The van der Waals surface area contributed by atoms with Crippen molar-refractivity contribution in [3.8, 4) is 0 Å². The lowest BCUT2D eigenvalue weighted by atomic mass is 9.73. The van der Waals surface area contributed by atoms with Crippen LogP contribution in [0.15, 0.2) is 47.4 Å². The molecule has 3 aromatic rings. The fourth-order valence-electron chi connectivity index (χ4n) is 4.71. The number of ether oxygens (including phenoxy) is 1. The number of anilines is 1. The summed E-state index contributed by atoms with van der Waals surface area (Å²) in [6, 6.07) is 11.6. The first-order valence-electron chi connectivity index (χ1n) is 9.73. The highest BCUT2D eigenvalue weighted by Crippen LogP contribution is 2.45. The summed E-state index contributed by atoms with van der Waals surface area (Å²) in [5.41, 5.74) is 1.48. The van der Waals surface area contributed by atoms with Gasteiger partial charge in [0.25, 0.3) is 0 Å². The Bertz CT molecular complexity index is 1190. The zero-order valence-corrected chi connectivity index (χ0v) is 18.0. The minimum Gasteiger partial charge on any atom is -0.377 e. The number of hydrogen-bond donors (Lipinski definition) is 0. The number of halogens is 1. The topological polar surface area (TPSA) is 75.6 Å². The molecule has 2 aromatic carbocycles. The smallest absolute Gasteiger partial charge is 0.245 e. The van der Waals surface area contributed by atoms with Gasteiger partial charge in [-0.3, -0.25) is 0 Å². The van der Waals surface area contributed by atoms with Crippen LogP contribution < -0.4 is 4.90 Å². The molecule has 1 atom stereocenters. The SMILES string of the molecule is COC1CN(c2cccc(F)c2)C12CCN(S(=O)(=O)c1cccc3nsnc13)CC2. The zero-order chi connectivity index (χ0) is 20.9. The van der Waals surface area contributed by atoms with Crippen LogP contribution in [0.3, 0.4) is 0 Å². The molecule has 7 nitrogen and oxygen atoms in total. The number of piperidine rings is 1. The molecule has 2 fully saturated rings. The predicted molar refractivity (Wildman–Crippen MR) is 113 cm³/mol. The highest BCUT2D eigenvalue weighted by molar-refractivity contribution is 7.89. The molecule has 2 aliphatic rings. The standard InChI is InChI=1S/C20H21FN4O3S2/c1-28-18-13-25(15-5-2-4-14(21)12-15)20(18)8-10-24(11-9-20)30(26,27)17-7-3-6-16-19(17)23-29-22-16/h2-7,12,18H,8-11,13H2,1H3. The third-order valence-electron chi connectivity index (χ3n) is 6.34. The molecule has 158 valence electrons. The number of benzene rings is 2. The van der Waals surface area contributed by atoms with Crippen molar-refractivity contribution in [2.45, 2.75) is 29.4 Å². The van der Waals surface area contributed by atoms with Gasteiger partial charge < -0.3 is 9.64 Å². The Morgan fingerprint density at radius 3 is 2.67 bits per heavy atom. The molecule has 0 aliphatic carbocycles. The lowest BCUT2D eigenvalue weighted by Gasteiger charge is -2.61. The average molecular weight is 449 g/mol. The van der Waals surface area contributed by atoms with Crippen molar-refractivity contribution in [1.82, 2.24) is 13.1 Å². The third-order valence-corrected chi connectivity index (χ3v) is 8.82. The molecule has 1 unspecified atom stereocenters. The summed E-state index contributed by atoms with van der Waals surface area (Å²) in [5, 5.41) is 0. The van der Waals surface area contributed by atoms with Crippen LogP contribution in [0.25, 0.3) is 11.0 Å². The van der Waals surface area contributed by atoms with E-state index < -0.39 is 10.0 Å². The Kier molecular flexibility index (Phi) is 4.77. The molecule has 2 aliphatic heterocycles. The number of fused-ring (bicyclic) bond motifs is 1. The Hall–Kier alpha value is -2.14. The van der Waals surface area contributed by atoms with Gasteiger partial charge in [-0.05, 0) is 43.2 Å². The van der Waals surface area contributed by atoms with E-state index in [0.29, 0.717) is 43.5 Å². The Balaban J connectivity index is 1.41. The fourth-order valence-corrected chi connectivity index (χ4v) is 6.91. The molecular weight excluding hydrogens is 427 g/mol. The van der Waals surface area contributed by atoms with Gasteiger partial charge in [0.05, 0.1) is 23.4 Å². The van der Waals surface area contributed by atoms with Crippen molar-refractivity contribution in [3.63, 3.8) is 0 Å². The first-order chi connectivity index (χ1) is 14.5. The van der Waals surface area contributed by atoms with Gasteiger partial charge in [-0.1, -0.05) is 12.1 Å². The van der Waals surface area contributed by atoms with Gasteiger partial charge in [-0.2, -0.15) is 13.1 Å². The van der Waals surface area contributed by atoms with E-state index in [0.717, 1.165) is 17.4 Å². The van der Waals surface area contributed by atoms with E-state index in [4.69, 9.17) is 4.74 Å². The summed E-state index contributed by atoms with van der Waals surface area (Å²) in [6.45, 7) is 1.39. The molecule has 30 heavy (non-hydrogen) atoms. The number of hydrogen-bond acceptors (Lipinski definition) is 7. The zero-order valence-electron chi connectivity index (χ0n) is 16.4. The molecule has 3 heterocycles. The number of aromatic nitrogens is 2. The van der Waals surface area contributed by atoms with E-state index in [-0.39, 0.29) is 22.4 Å². The molecule has 0 N–H and O–H groups in total. The maximum atomic E-state index is 13.8. The highest BCUT2D eigenvalue weighted by atomic mass is 32.2. The summed E-state index contributed by atoms with van der Waals surface area (Å²) in [4.78, 5) is 2.35. The Morgan fingerprint density at radius 1 is 1.17 bits per heavy atom. The maximum Gasteiger partial charge on any atom is 0.245 e. The number of nitrogens with zero attached hydrogens (tertiary/aromatic N) is 4. The molecule has 0 saturated carbocycles. The molecular formula is C20H21FN4O3S2. The van der Waals surface area contributed by atoms with Crippen molar-refractivity contribution in [2.75, 3.05) is 31.6 Å². The van der Waals surface area contributed by atoms with E-state index >= 15 is 0 Å². The summed E-state index contributed by atoms with van der Waals surface area (Å²) in [6.07, 6.45) is 1.19. The summed E-state index contributed by atoms with van der Waals surface area (Å²) in [5.74, 6) is -0.284. The van der Waals surface area contributed by atoms with Crippen LogP contribution in [-0.4, -0.2) is 59.9 Å². The van der Waals surface area contributed by atoms with E-state index in [1.54, 1.807) is 31.4 Å². The van der Waals surface area contributed by atoms with Gasteiger partial charge in [-0.15, -0.1) is 0 Å². The van der Waals surface area contributed by atoms with Crippen LogP contribution in [0.1, 0.15) is 12.8 Å². The molecule has 1 aromatic heterocycles. The molecule has 1 spiro atoms. The van der Waals surface area contributed by atoms with Crippen LogP contribution in [0.4, 0.5) is 10.1 Å². The van der Waals surface area contributed by atoms with E-state index in [2.05, 4.69) is 13.6 Å². The first-order valence-corrected chi connectivity index (χ1v) is 11.9. The minimum absolute atomic E-state index is 0.0169. The van der Waals surface area contributed by atoms with Gasteiger partial charge in [0, 0.05) is 32.4 Å². The lowest BCUT2D eigenvalue weighted by Crippen LogP contribution is -2.74. The summed E-state index contributed by atoms with van der Waals surface area (Å²) < 4.78 is 56.0. The van der Waals surface area contributed by atoms with Crippen molar-refractivity contribution in [3.05, 3.63) is 48.3 Å². The van der Waals surface area contributed by atoms with Crippen molar-refractivity contribution < 1.29 is 17.5 Å². The van der Waals surface area contributed by atoms with Crippen molar-refractivity contribution in [1.29, 1.82) is 0 Å². The van der Waals surface area contributed by atoms with Crippen LogP contribution in [0.5, 0.6) is 0 Å². The molecule has 0 radical (unpaired) electrons. The van der Waals surface area contributed by atoms with Gasteiger partial charge >= 0.3 is 0 Å². The molecule has 10 heteroatoms. The Labute approximate surface area is 178 Å². The highest BCUT2D eigenvalue weighted by Gasteiger charge is 2.56. The second-order valence-corrected chi connectivity index (χ2v) is 10.1. The minimum atomic E-state index is -3.69. The lowest BCUT2D eigenvalue weighted by molar-refractivity contribution is -0.0383. The van der Waals surface area contributed by atoms with Gasteiger partial charge in [-0.25, -0.2) is 12.8 Å². The normalized spacial score (nSPS) is 21.8. The van der Waals surface area contributed by atoms with Crippen LogP contribution in [0.2, 0.25) is 0 Å². The first kappa shape index (κ1) is 19.8. The molecule has 0 bridgehead atoms. The summed E-state index contributed by atoms with van der Waals surface area (Å²) >= 11 is 1.01. The quantitative estimate of drug-likeness (QED) is 0.611. The largest absolute Gasteiger partial charge is 0.377 e. The molecule has 5 rings (SSSR count). The van der Waals surface area contributed by atoms with E-state index in [9.17, 15) is 12.8 Å². The monoisotopic (exact) mass is 448 g/mol. The number of methoxy groups -OCH3 is 1. The van der Waals surface area contributed by atoms with Gasteiger partial charge in [0.1, 0.15) is 21.7 Å². The molecule has 2 saturated heterocycles. The van der Waals surface area contributed by atoms with E-state index in [1.807, 2.05) is 6.07 Å². The van der Waals surface area contributed by atoms with Crippen molar-refractivity contribution >= 4 is 38.5 Å². The van der Waals surface area contributed by atoms with Gasteiger partial charge in [0.2, 0.25) is 10.0 Å². The second kappa shape index (κ2) is 7.23.